The van der Waals surface area contributed by atoms with Crippen LogP contribution in [0.1, 0.15) is 18.9 Å². The summed E-state index contributed by atoms with van der Waals surface area (Å²) < 4.78 is 38.2. The van der Waals surface area contributed by atoms with E-state index in [2.05, 4.69) is 11.2 Å². The van der Waals surface area contributed by atoms with E-state index in [0.29, 0.717) is 12.5 Å². The van der Waals surface area contributed by atoms with Crippen LogP contribution < -0.4 is 5.32 Å². The van der Waals surface area contributed by atoms with Gasteiger partial charge in [-0.2, -0.15) is 13.2 Å². The average molecular weight is 272 g/mol. The van der Waals surface area contributed by atoms with Crippen molar-refractivity contribution in [2.75, 3.05) is 5.32 Å². The molecule has 0 aliphatic heterocycles. The Balaban J connectivity index is 3.20. The number of terminal acetylenes is 1. The molecule has 0 bridgehead atoms. The number of hydrogen-bond acceptors (Lipinski definition) is 3. The van der Waals surface area contributed by atoms with Crippen molar-refractivity contribution in [3.8, 4) is 12.3 Å². The molecule has 7 heteroatoms. The number of benzene rings is 1. The maximum absolute atomic E-state index is 12.7. The van der Waals surface area contributed by atoms with Crippen LogP contribution in [0.25, 0.3) is 0 Å². The highest BCUT2D eigenvalue weighted by Crippen LogP contribution is 2.37. The van der Waals surface area contributed by atoms with E-state index in [1.54, 1.807) is 6.92 Å². The van der Waals surface area contributed by atoms with Crippen LogP contribution in [0, 0.1) is 22.5 Å². The van der Waals surface area contributed by atoms with Gasteiger partial charge in [0.2, 0.25) is 0 Å². The molecule has 0 heterocycles. The maximum Gasteiger partial charge on any atom is 0.423 e. The van der Waals surface area contributed by atoms with Crippen LogP contribution in [0.3, 0.4) is 0 Å². The standard InChI is InChI=1S/C12H11F3N2O2/c1-3-8(4-2)16-9-5-6-11(17(18)19)10(7-9)12(13,14)15/h1,5-8,16H,4H2,2H3. The first-order valence-corrected chi connectivity index (χ1v) is 5.38. The van der Waals surface area contributed by atoms with E-state index in [1.807, 2.05) is 0 Å². The predicted molar refractivity (Wildman–Crippen MR) is 64.6 cm³/mol. The van der Waals surface area contributed by atoms with Crippen LogP contribution in [0.2, 0.25) is 0 Å². The zero-order valence-corrected chi connectivity index (χ0v) is 9.99. The number of nitro groups is 1. The predicted octanol–water partition coefficient (Wildman–Crippen LogP) is 3.44. The Morgan fingerprint density at radius 2 is 2.16 bits per heavy atom. The first-order chi connectivity index (χ1) is 8.79. The number of halogens is 3. The molecule has 0 spiro atoms. The SMILES string of the molecule is C#CC(CC)Nc1ccc([N+](=O)[O-])c(C(F)(F)F)c1. The minimum Gasteiger partial charge on any atom is -0.372 e. The van der Waals surface area contributed by atoms with Crippen LogP contribution in [0.15, 0.2) is 18.2 Å². The summed E-state index contributed by atoms with van der Waals surface area (Å²) in [7, 11) is 0. The Kier molecular flexibility index (Phi) is 4.38. The molecule has 1 atom stereocenters. The van der Waals surface area contributed by atoms with E-state index in [4.69, 9.17) is 6.42 Å². The van der Waals surface area contributed by atoms with Crippen molar-refractivity contribution in [3.63, 3.8) is 0 Å². The molecule has 1 aromatic carbocycles. The summed E-state index contributed by atoms with van der Waals surface area (Å²) in [4.78, 5) is 9.50. The Morgan fingerprint density at radius 1 is 1.53 bits per heavy atom. The van der Waals surface area contributed by atoms with Crippen LogP contribution >= 0.6 is 0 Å². The average Bonchev–Trinajstić information content (AvgIpc) is 2.34. The van der Waals surface area contributed by atoms with E-state index in [-0.39, 0.29) is 5.69 Å². The van der Waals surface area contributed by atoms with Crippen molar-refractivity contribution < 1.29 is 18.1 Å². The summed E-state index contributed by atoms with van der Waals surface area (Å²) in [6.45, 7) is 1.77. The molecule has 0 amide bonds. The van der Waals surface area contributed by atoms with Gasteiger partial charge in [-0.3, -0.25) is 10.1 Å². The van der Waals surface area contributed by atoms with Gasteiger partial charge in [-0.25, -0.2) is 0 Å². The second-order valence-electron chi connectivity index (χ2n) is 3.76. The summed E-state index contributed by atoms with van der Waals surface area (Å²) in [5.41, 5.74) is -2.18. The largest absolute Gasteiger partial charge is 0.423 e. The van der Waals surface area contributed by atoms with Gasteiger partial charge in [0.15, 0.2) is 0 Å². The van der Waals surface area contributed by atoms with Gasteiger partial charge in [0.05, 0.1) is 11.0 Å². The first kappa shape index (κ1) is 14.8. The van der Waals surface area contributed by atoms with Crippen molar-refractivity contribution in [1.29, 1.82) is 0 Å². The summed E-state index contributed by atoms with van der Waals surface area (Å²) in [5.74, 6) is 2.37. The minimum absolute atomic E-state index is 0.0997. The van der Waals surface area contributed by atoms with E-state index in [0.717, 1.165) is 6.07 Å². The minimum atomic E-state index is -4.79. The van der Waals surface area contributed by atoms with E-state index in [9.17, 15) is 23.3 Å². The van der Waals surface area contributed by atoms with Crippen LogP contribution in [-0.2, 0) is 6.18 Å². The summed E-state index contributed by atoms with van der Waals surface area (Å²) in [5, 5.41) is 13.3. The first-order valence-electron chi connectivity index (χ1n) is 5.38. The molecule has 4 nitrogen and oxygen atoms in total. The molecule has 1 N–H and O–H groups in total. The van der Waals surface area contributed by atoms with Gasteiger partial charge in [-0.1, -0.05) is 12.8 Å². The zero-order valence-electron chi connectivity index (χ0n) is 9.99. The third-order valence-electron chi connectivity index (χ3n) is 2.45. The molecule has 102 valence electrons. The van der Waals surface area contributed by atoms with Crippen LogP contribution in [-0.4, -0.2) is 11.0 Å². The number of anilines is 1. The smallest absolute Gasteiger partial charge is 0.372 e. The Hall–Kier alpha value is -2.23. The lowest BCUT2D eigenvalue weighted by Crippen LogP contribution is -2.17. The van der Waals surface area contributed by atoms with Crippen molar-refractivity contribution in [2.24, 2.45) is 0 Å². The summed E-state index contributed by atoms with van der Waals surface area (Å²) >= 11 is 0. The molecular weight excluding hydrogens is 261 g/mol. The monoisotopic (exact) mass is 272 g/mol. The molecule has 19 heavy (non-hydrogen) atoms. The number of nitro benzene ring substituents is 1. The second kappa shape index (κ2) is 5.61. The van der Waals surface area contributed by atoms with Crippen molar-refractivity contribution >= 4 is 11.4 Å². The lowest BCUT2D eigenvalue weighted by atomic mass is 10.1. The lowest BCUT2D eigenvalue weighted by molar-refractivity contribution is -0.388. The van der Waals surface area contributed by atoms with Gasteiger partial charge in [0.25, 0.3) is 5.69 Å². The molecule has 1 rings (SSSR count). The third kappa shape index (κ3) is 3.61. The quantitative estimate of drug-likeness (QED) is 0.519. The molecule has 0 radical (unpaired) electrons. The molecule has 0 aliphatic carbocycles. The van der Waals surface area contributed by atoms with E-state index in [1.165, 1.54) is 6.07 Å². The fourth-order valence-electron chi connectivity index (χ4n) is 1.47. The summed E-state index contributed by atoms with van der Waals surface area (Å²) in [6, 6.07) is 2.28. The molecule has 0 saturated heterocycles. The Bertz CT molecular complexity index is 521. The Labute approximate surface area is 107 Å². The number of nitrogens with one attached hydrogen (secondary N) is 1. The van der Waals surface area contributed by atoms with Gasteiger partial charge in [-0.05, 0) is 18.6 Å². The second-order valence-corrected chi connectivity index (χ2v) is 3.76. The van der Waals surface area contributed by atoms with Crippen molar-refractivity contribution in [3.05, 3.63) is 33.9 Å². The summed E-state index contributed by atoms with van der Waals surface area (Å²) in [6.07, 6.45) is 0.919. The molecule has 0 aliphatic rings. The molecule has 0 aromatic heterocycles. The van der Waals surface area contributed by atoms with Crippen LogP contribution in [0.4, 0.5) is 24.5 Å². The zero-order chi connectivity index (χ0) is 14.6. The van der Waals surface area contributed by atoms with Crippen LogP contribution in [0.5, 0.6) is 0 Å². The lowest BCUT2D eigenvalue weighted by Gasteiger charge is -2.14. The highest BCUT2D eigenvalue weighted by Gasteiger charge is 2.38. The highest BCUT2D eigenvalue weighted by atomic mass is 19.4. The van der Waals surface area contributed by atoms with Gasteiger partial charge in [0, 0.05) is 11.8 Å². The number of rotatable bonds is 4. The van der Waals surface area contributed by atoms with Gasteiger partial charge in [0.1, 0.15) is 5.56 Å². The van der Waals surface area contributed by atoms with Crippen molar-refractivity contribution in [2.45, 2.75) is 25.6 Å². The molecular formula is C12H11F3N2O2. The molecule has 1 aromatic rings. The van der Waals surface area contributed by atoms with Gasteiger partial charge >= 0.3 is 6.18 Å². The third-order valence-corrected chi connectivity index (χ3v) is 2.45. The number of nitrogens with zero attached hydrogens (tertiary/aromatic N) is 1. The topological polar surface area (TPSA) is 55.2 Å². The van der Waals surface area contributed by atoms with Gasteiger partial charge < -0.3 is 5.32 Å². The Morgan fingerprint density at radius 3 is 2.58 bits per heavy atom. The molecule has 1 unspecified atom stereocenters. The number of hydrogen-bond donors (Lipinski definition) is 1. The number of alkyl halides is 3. The molecule has 0 fully saturated rings. The molecule has 0 saturated carbocycles. The fraction of sp³-hybridized carbons (Fsp3) is 0.333. The fourth-order valence-corrected chi connectivity index (χ4v) is 1.47. The van der Waals surface area contributed by atoms with E-state index >= 15 is 0 Å². The van der Waals surface area contributed by atoms with Gasteiger partial charge in [-0.15, -0.1) is 6.42 Å². The van der Waals surface area contributed by atoms with Crippen molar-refractivity contribution in [1.82, 2.24) is 0 Å². The maximum atomic E-state index is 12.7. The normalized spacial score (nSPS) is 12.6. The highest BCUT2D eigenvalue weighted by molar-refractivity contribution is 5.56. The van der Waals surface area contributed by atoms with E-state index < -0.39 is 28.4 Å².